The first-order valence-electron chi connectivity index (χ1n) is 7.31. The zero-order valence-corrected chi connectivity index (χ0v) is 13.0. The molecular formula is C18H18N2O2. The first-order valence-corrected chi connectivity index (χ1v) is 7.31. The number of fused-ring (bicyclic) bond motifs is 1. The lowest BCUT2D eigenvalue weighted by Gasteiger charge is -1.96. The minimum Gasteiger partial charge on any atom is -0.452 e. The van der Waals surface area contributed by atoms with Gasteiger partial charge in [-0.2, -0.15) is 5.10 Å². The van der Waals surface area contributed by atoms with Crippen molar-refractivity contribution in [3.05, 3.63) is 59.1 Å². The maximum atomic E-state index is 12.5. The van der Waals surface area contributed by atoms with Crippen molar-refractivity contribution in [3.8, 4) is 0 Å². The van der Waals surface area contributed by atoms with E-state index in [0.717, 1.165) is 34.1 Å². The lowest BCUT2D eigenvalue weighted by Crippen LogP contribution is -1.96. The van der Waals surface area contributed by atoms with Crippen LogP contribution >= 0.6 is 0 Å². The van der Waals surface area contributed by atoms with Crippen LogP contribution in [0.2, 0.25) is 0 Å². The number of rotatable bonds is 4. The van der Waals surface area contributed by atoms with Crippen molar-refractivity contribution in [2.75, 3.05) is 0 Å². The van der Waals surface area contributed by atoms with Crippen LogP contribution in [0.3, 0.4) is 0 Å². The van der Waals surface area contributed by atoms with Crippen molar-refractivity contribution < 1.29 is 9.21 Å². The number of hydrogen-bond donors (Lipinski definition) is 0. The second-order valence-corrected chi connectivity index (χ2v) is 5.41. The number of aryl methyl sites for hydroxylation is 3. The second-order valence-electron chi connectivity index (χ2n) is 5.41. The third kappa shape index (κ3) is 2.60. The summed E-state index contributed by atoms with van der Waals surface area (Å²) in [6.45, 7) is 4.07. The van der Waals surface area contributed by atoms with Gasteiger partial charge >= 0.3 is 0 Å². The average Bonchev–Trinajstić information content (AvgIpc) is 3.07. The topological polar surface area (TPSA) is 48.0 Å². The van der Waals surface area contributed by atoms with Gasteiger partial charge in [0.15, 0.2) is 5.76 Å². The highest BCUT2D eigenvalue weighted by Crippen LogP contribution is 2.28. The highest BCUT2D eigenvalue weighted by Gasteiger charge is 2.17. The van der Waals surface area contributed by atoms with Crippen molar-refractivity contribution in [3.63, 3.8) is 0 Å². The Hall–Kier alpha value is -2.62. The number of benzene rings is 1. The third-order valence-corrected chi connectivity index (χ3v) is 3.68. The van der Waals surface area contributed by atoms with Crippen LogP contribution in [0.5, 0.6) is 0 Å². The number of ketones is 1. The number of furan rings is 1. The number of hydrogen-bond acceptors (Lipinski definition) is 3. The van der Waals surface area contributed by atoms with Crippen LogP contribution in [0.4, 0.5) is 0 Å². The Morgan fingerprint density at radius 1 is 1.41 bits per heavy atom. The van der Waals surface area contributed by atoms with Crippen molar-refractivity contribution in [2.45, 2.75) is 20.3 Å². The summed E-state index contributed by atoms with van der Waals surface area (Å²) < 4.78 is 7.48. The number of carbonyl (C=O) groups excluding carboxylic acids is 1. The Balaban J connectivity index is 1.98. The fourth-order valence-electron chi connectivity index (χ4n) is 2.59. The Morgan fingerprint density at radius 3 is 2.91 bits per heavy atom. The van der Waals surface area contributed by atoms with Crippen LogP contribution in [0.1, 0.15) is 34.2 Å². The Bertz CT molecular complexity index is 868. The molecule has 0 spiro atoms. The zero-order valence-electron chi connectivity index (χ0n) is 13.0. The molecule has 0 aliphatic rings. The molecule has 0 amide bonds. The van der Waals surface area contributed by atoms with E-state index in [9.17, 15) is 4.79 Å². The summed E-state index contributed by atoms with van der Waals surface area (Å²) in [5.74, 6) is 0.317. The molecule has 0 N–H and O–H groups in total. The SMILES string of the molecule is CCc1c(C(=O)/C=C/c2cnn(C)c2)oc2ccc(C)cc12. The summed E-state index contributed by atoms with van der Waals surface area (Å²) in [7, 11) is 1.84. The average molecular weight is 294 g/mol. The monoisotopic (exact) mass is 294 g/mol. The van der Waals surface area contributed by atoms with Gasteiger partial charge in [0.25, 0.3) is 0 Å². The van der Waals surface area contributed by atoms with Crippen LogP contribution in [-0.4, -0.2) is 15.6 Å². The Labute approximate surface area is 129 Å². The minimum absolute atomic E-state index is 0.116. The van der Waals surface area contributed by atoms with Crippen molar-refractivity contribution in [1.29, 1.82) is 0 Å². The third-order valence-electron chi connectivity index (χ3n) is 3.68. The van der Waals surface area contributed by atoms with Gasteiger partial charge in [0.1, 0.15) is 5.58 Å². The van der Waals surface area contributed by atoms with Crippen molar-refractivity contribution >= 4 is 22.8 Å². The fourth-order valence-corrected chi connectivity index (χ4v) is 2.59. The van der Waals surface area contributed by atoms with Gasteiger partial charge in [-0.15, -0.1) is 0 Å². The Morgan fingerprint density at radius 2 is 2.23 bits per heavy atom. The number of carbonyl (C=O) groups is 1. The van der Waals surface area contributed by atoms with E-state index in [1.807, 2.05) is 39.2 Å². The second kappa shape index (κ2) is 5.64. The maximum Gasteiger partial charge on any atom is 0.221 e. The highest BCUT2D eigenvalue weighted by atomic mass is 16.3. The summed E-state index contributed by atoms with van der Waals surface area (Å²) in [6, 6.07) is 5.98. The molecule has 1 aromatic carbocycles. The maximum absolute atomic E-state index is 12.5. The summed E-state index contributed by atoms with van der Waals surface area (Å²) in [4.78, 5) is 12.5. The molecule has 0 bridgehead atoms. The summed E-state index contributed by atoms with van der Waals surface area (Å²) in [5.41, 5.74) is 3.79. The molecule has 2 heterocycles. The molecule has 0 radical (unpaired) electrons. The van der Waals surface area contributed by atoms with E-state index in [2.05, 4.69) is 11.2 Å². The highest BCUT2D eigenvalue weighted by molar-refractivity contribution is 6.08. The zero-order chi connectivity index (χ0) is 15.7. The first-order chi connectivity index (χ1) is 10.6. The van der Waals surface area contributed by atoms with E-state index >= 15 is 0 Å². The van der Waals surface area contributed by atoms with Gasteiger partial charge in [0.2, 0.25) is 5.78 Å². The van der Waals surface area contributed by atoms with Gasteiger partial charge in [-0.3, -0.25) is 9.48 Å². The van der Waals surface area contributed by atoms with E-state index in [0.29, 0.717) is 5.76 Å². The largest absolute Gasteiger partial charge is 0.452 e. The first kappa shape index (κ1) is 14.3. The molecule has 4 heteroatoms. The summed E-state index contributed by atoms with van der Waals surface area (Å²) >= 11 is 0. The van der Waals surface area contributed by atoms with Crippen LogP contribution in [0.15, 0.2) is 41.1 Å². The lowest BCUT2D eigenvalue weighted by molar-refractivity contribution is 0.102. The molecule has 0 aliphatic carbocycles. The predicted molar refractivity (Wildman–Crippen MR) is 86.9 cm³/mol. The van der Waals surface area contributed by atoms with Gasteiger partial charge in [-0.1, -0.05) is 18.6 Å². The molecule has 0 saturated carbocycles. The van der Waals surface area contributed by atoms with Gasteiger partial charge in [0, 0.05) is 29.8 Å². The standard InChI is InChI=1S/C18H18N2O2/c1-4-14-15-9-12(2)5-8-17(15)22-18(14)16(21)7-6-13-10-19-20(3)11-13/h5-11H,4H2,1-3H3/b7-6+. The molecule has 4 nitrogen and oxygen atoms in total. The molecule has 3 aromatic rings. The lowest BCUT2D eigenvalue weighted by atomic mass is 10.0. The van der Waals surface area contributed by atoms with Gasteiger partial charge in [-0.05, 0) is 37.6 Å². The van der Waals surface area contributed by atoms with E-state index in [4.69, 9.17) is 4.42 Å². The van der Waals surface area contributed by atoms with Crippen LogP contribution in [0, 0.1) is 6.92 Å². The molecule has 22 heavy (non-hydrogen) atoms. The molecule has 3 rings (SSSR count). The smallest absolute Gasteiger partial charge is 0.221 e. The normalized spacial score (nSPS) is 11.6. The van der Waals surface area contributed by atoms with Crippen LogP contribution in [0.25, 0.3) is 17.0 Å². The number of aromatic nitrogens is 2. The fraction of sp³-hybridized carbons (Fsp3) is 0.222. The quantitative estimate of drug-likeness (QED) is 0.541. The molecule has 2 aromatic heterocycles. The minimum atomic E-state index is -0.116. The van der Waals surface area contributed by atoms with E-state index < -0.39 is 0 Å². The molecule has 0 aliphatic heterocycles. The number of allylic oxidation sites excluding steroid dienone is 1. The Kier molecular flexibility index (Phi) is 3.67. The van der Waals surface area contributed by atoms with E-state index in [1.165, 1.54) is 0 Å². The number of nitrogens with zero attached hydrogens (tertiary/aromatic N) is 2. The molecule has 112 valence electrons. The van der Waals surface area contributed by atoms with Gasteiger partial charge < -0.3 is 4.42 Å². The summed E-state index contributed by atoms with van der Waals surface area (Å²) in [5, 5.41) is 5.10. The molecular weight excluding hydrogens is 276 g/mol. The van der Waals surface area contributed by atoms with Crippen molar-refractivity contribution in [1.82, 2.24) is 9.78 Å². The van der Waals surface area contributed by atoms with Gasteiger partial charge in [-0.25, -0.2) is 0 Å². The van der Waals surface area contributed by atoms with Crippen LogP contribution < -0.4 is 0 Å². The van der Waals surface area contributed by atoms with E-state index in [-0.39, 0.29) is 5.78 Å². The van der Waals surface area contributed by atoms with Gasteiger partial charge in [0.05, 0.1) is 6.20 Å². The molecule has 0 atom stereocenters. The summed E-state index contributed by atoms with van der Waals surface area (Å²) in [6.07, 6.45) is 7.63. The van der Waals surface area contributed by atoms with E-state index in [1.54, 1.807) is 23.0 Å². The van der Waals surface area contributed by atoms with Crippen molar-refractivity contribution in [2.24, 2.45) is 7.05 Å². The molecule has 0 fully saturated rings. The molecule has 0 unspecified atom stereocenters. The van der Waals surface area contributed by atoms with Crippen LogP contribution in [-0.2, 0) is 13.5 Å². The predicted octanol–water partition coefficient (Wildman–Crippen LogP) is 3.93. The molecule has 0 saturated heterocycles.